The summed E-state index contributed by atoms with van der Waals surface area (Å²) < 4.78 is 5.91. The molecule has 0 bridgehead atoms. The smallest absolute Gasteiger partial charge is 0.224 e. The Kier molecular flexibility index (Phi) is 30.0. The molecule has 0 aromatic heterocycles. The fourth-order valence-electron chi connectivity index (χ4n) is 7.00. The van der Waals surface area contributed by atoms with E-state index in [0.29, 0.717) is 13.0 Å². The maximum absolute atomic E-state index is 13.4. The summed E-state index contributed by atoms with van der Waals surface area (Å²) in [6.07, 6.45) is 36.3. The summed E-state index contributed by atoms with van der Waals surface area (Å²) >= 11 is 0. The van der Waals surface area contributed by atoms with Crippen LogP contribution in [0.2, 0.25) is 0 Å². The molecule has 1 rings (SSSR count). The van der Waals surface area contributed by atoms with Gasteiger partial charge in [0.15, 0.2) is 6.23 Å². The molecule has 284 valence electrons. The van der Waals surface area contributed by atoms with Crippen LogP contribution in [0, 0.1) is 0 Å². The van der Waals surface area contributed by atoms with Crippen LogP contribution in [0.4, 0.5) is 0 Å². The van der Waals surface area contributed by atoms with Gasteiger partial charge in [-0.1, -0.05) is 174 Å². The van der Waals surface area contributed by atoms with Crippen molar-refractivity contribution in [1.82, 2.24) is 4.90 Å². The minimum atomic E-state index is -1.32. The lowest BCUT2D eigenvalue weighted by Crippen LogP contribution is -2.62. The van der Waals surface area contributed by atoms with Crippen molar-refractivity contribution in [2.24, 2.45) is 0 Å². The van der Waals surface area contributed by atoms with Gasteiger partial charge in [-0.3, -0.25) is 4.79 Å². The van der Waals surface area contributed by atoms with E-state index >= 15 is 0 Å². The first kappa shape index (κ1) is 45.1. The number of hydrogen-bond acceptors (Lipinski definition) is 5. The average molecular weight is 680 g/mol. The molecule has 0 aliphatic carbocycles. The zero-order valence-corrected chi connectivity index (χ0v) is 32.1. The van der Waals surface area contributed by atoms with Gasteiger partial charge in [0, 0.05) is 13.0 Å². The molecule has 3 N–H and O–H groups in total. The molecule has 1 saturated heterocycles. The minimum Gasteiger partial charge on any atom is -0.388 e. The van der Waals surface area contributed by atoms with E-state index < -0.39 is 30.6 Å². The maximum atomic E-state index is 13.4. The van der Waals surface area contributed by atoms with Crippen molar-refractivity contribution < 1.29 is 24.9 Å². The quantitative estimate of drug-likeness (QED) is 0.0474. The number of aliphatic hydroxyl groups excluding tert-OH is 3. The molecule has 0 saturated carbocycles. The highest BCUT2D eigenvalue weighted by atomic mass is 16.5. The van der Waals surface area contributed by atoms with Gasteiger partial charge < -0.3 is 25.0 Å². The lowest BCUT2D eigenvalue weighted by Gasteiger charge is -2.44. The molecule has 6 heteroatoms. The number of amides is 1. The first-order valence-corrected chi connectivity index (χ1v) is 21.1. The molecule has 48 heavy (non-hydrogen) atoms. The van der Waals surface area contributed by atoms with Crippen molar-refractivity contribution in [3.8, 4) is 0 Å². The van der Waals surface area contributed by atoms with Crippen LogP contribution in [0.5, 0.6) is 0 Å². The zero-order valence-electron chi connectivity index (χ0n) is 32.1. The number of nitrogens with zero attached hydrogens (tertiary/aromatic N) is 1. The highest BCUT2D eigenvalue weighted by molar-refractivity contribution is 5.76. The number of allylic oxidation sites excluding steroid dienone is 2. The van der Waals surface area contributed by atoms with E-state index in [-0.39, 0.29) is 5.91 Å². The van der Waals surface area contributed by atoms with Gasteiger partial charge in [-0.05, 0) is 45.4 Å². The molecule has 0 aromatic rings. The number of rotatable bonds is 33. The van der Waals surface area contributed by atoms with Crippen molar-refractivity contribution in [3.05, 3.63) is 12.2 Å². The van der Waals surface area contributed by atoms with Crippen LogP contribution >= 0.6 is 0 Å². The third-order valence-corrected chi connectivity index (χ3v) is 10.4. The van der Waals surface area contributed by atoms with Crippen molar-refractivity contribution in [1.29, 1.82) is 0 Å². The maximum Gasteiger partial charge on any atom is 0.224 e. The summed E-state index contributed by atoms with van der Waals surface area (Å²) in [5.41, 5.74) is 0. The Morgan fingerprint density at radius 3 is 1.33 bits per heavy atom. The number of carbonyl (C=O) groups excluding carboxylic acids is 1. The normalized spacial score (nSPS) is 21.3. The van der Waals surface area contributed by atoms with Crippen LogP contribution < -0.4 is 0 Å². The molecule has 6 nitrogen and oxygen atoms in total. The average Bonchev–Trinajstić information content (AvgIpc) is 3.08. The second-order valence-corrected chi connectivity index (χ2v) is 14.9. The van der Waals surface area contributed by atoms with Crippen molar-refractivity contribution in [2.75, 3.05) is 6.54 Å². The fraction of sp³-hybridized carbons (Fsp3) is 0.929. The second-order valence-electron chi connectivity index (χ2n) is 14.9. The third-order valence-electron chi connectivity index (χ3n) is 10.4. The largest absolute Gasteiger partial charge is 0.388 e. The first-order valence-electron chi connectivity index (χ1n) is 21.1. The van der Waals surface area contributed by atoms with Crippen molar-refractivity contribution in [3.63, 3.8) is 0 Å². The topological polar surface area (TPSA) is 90.2 Å². The zero-order chi connectivity index (χ0) is 35.1. The predicted molar refractivity (Wildman–Crippen MR) is 203 cm³/mol. The van der Waals surface area contributed by atoms with Gasteiger partial charge in [-0.2, -0.15) is 0 Å². The summed E-state index contributed by atoms with van der Waals surface area (Å²) in [6, 6.07) is 0. The molecule has 0 spiro atoms. The van der Waals surface area contributed by atoms with Crippen LogP contribution in [0.3, 0.4) is 0 Å². The van der Waals surface area contributed by atoms with Gasteiger partial charge in [-0.15, -0.1) is 0 Å². The molecule has 1 fully saturated rings. The van der Waals surface area contributed by atoms with Gasteiger partial charge >= 0.3 is 0 Å². The molecule has 1 aliphatic rings. The molecule has 1 heterocycles. The van der Waals surface area contributed by atoms with E-state index in [2.05, 4.69) is 26.0 Å². The third kappa shape index (κ3) is 22.7. The van der Waals surface area contributed by atoms with Crippen LogP contribution in [0.15, 0.2) is 12.2 Å². The number of hydrogen-bond donors (Lipinski definition) is 3. The van der Waals surface area contributed by atoms with Crippen LogP contribution in [-0.2, 0) is 9.53 Å². The molecule has 1 unspecified atom stereocenters. The molecule has 1 aliphatic heterocycles. The Morgan fingerprint density at radius 1 is 0.521 bits per heavy atom. The second kappa shape index (κ2) is 32.0. The van der Waals surface area contributed by atoms with Crippen LogP contribution in [-0.4, -0.2) is 63.3 Å². The standard InChI is InChI=1S/C42H81NO5/c1-4-6-8-10-12-14-16-18-20-22-24-26-28-30-32-34-36-43(42-41(47)40(46)39(45)37(3)48-42)38(44)35-33-31-29-27-25-23-21-19-17-15-13-11-9-7-5-2/h19,21,37,39-42,45-47H,4-18,20,22-36H2,1-3H3/b21-19-/t37-,39+,40+,41-,42?/m0/s1. The summed E-state index contributed by atoms with van der Waals surface area (Å²) in [5.74, 6) is -0.0200. The highest BCUT2D eigenvalue weighted by Gasteiger charge is 2.45. The Hall–Kier alpha value is -0.950. The molecular weight excluding hydrogens is 598 g/mol. The van der Waals surface area contributed by atoms with E-state index in [0.717, 1.165) is 44.9 Å². The lowest BCUT2D eigenvalue weighted by molar-refractivity contribution is -0.253. The molecule has 0 aromatic carbocycles. The van der Waals surface area contributed by atoms with Gasteiger partial charge in [0.25, 0.3) is 0 Å². The number of unbranched alkanes of at least 4 members (excludes halogenated alkanes) is 26. The monoisotopic (exact) mass is 680 g/mol. The number of carbonyl (C=O) groups is 1. The Morgan fingerprint density at radius 2 is 0.896 bits per heavy atom. The summed E-state index contributed by atoms with van der Waals surface area (Å²) in [5, 5.41) is 31.4. The molecule has 1 amide bonds. The van der Waals surface area contributed by atoms with Crippen molar-refractivity contribution >= 4 is 5.91 Å². The highest BCUT2D eigenvalue weighted by Crippen LogP contribution is 2.25. The Bertz CT molecular complexity index is 746. The molecule has 0 radical (unpaired) electrons. The van der Waals surface area contributed by atoms with Crippen LogP contribution in [0.25, 0.3) is 0 Å². The lowest BCUT2D eigenvalue weighted by atomic mass is 9.97. The Balaban J connectivity index is 2.25. The number of ether oxygens (including phenoxy) is 1. The van der Waals surface area contributed by atoms with E-state index in [1.54, 1.807) is 11.8 Å². The van der Waals surface area contributed by atoms with Gasteiger partial charge in [0.05, 0.1) is 6.10 Å². The summed E-state index contributed by atoms with van der Waals surface area (Å²) in [6.45, 7) is 6.74. The molecule has 5 atom stereocenters. The Labute approximate surface area is 297 Å². The van der Waals surface area contributed by atoms with E-state index in [4.69, 9.17) is 4.74 Å². The summed E-state index contributed by atoms with van der Waals surface area (Å²) in [7, 11) is 0. The van der Waals surface area contributed by atoms with Crippen LogP contribution in [0.1, 0.15) is 213 Å². The molecular formula is C42H81NO5. The van der Waals surface area contributed by atoms with E-state index in [1.165, 1.54) is 141 Å². The van der Waals surface area contributed by atoms with Gasteiger partial charge in [0.2, 0.25) is 5.91 Å². The summed E-state index contributed by atoms with van der Waals surface area (Å²) in [4.78, 5) is 15.0. The van der Waals surface area contributed by atoms with E-state index in [1.807, 2.05) is 0 Å². The van der Waals surface area contributed by atoms with Crippen molar-refractivity contribution in [2.45, 2.75) is 244 Å². The first-order chi connectivity index (χ1) is 23.4. The van der Waals surface area contributed by atoms with E-state index in [9.17, 15) is 20.1 Å². The van der Waals surface area contributed by atoms with Gasteiger partial charge in [0.1, 0.15) is 18.3 Å². The number of aliphatic hydroxyl groups is 3. The minimum absolute atomic E-state index is 0.0200. The fourth-order valence-corrected chi connectivity index (χ4v) is 7.00. The SMILES string of the molecule is CCCCCCCC/C=C\CCCCCCCC(=O)N(CCCCCCCCCCCCCCCCCC)C1O[C@@H](C)[C@@H](O)[C@@H](O)[C@@H]1O. The van der Waals surface area contributed by atoms with Gasteiger partial charge in [-0.25, -0.2) is 0 Å². The predicted octanol–water partition coefficient (Wildman–Crippen LogP) is 10.9.